The Hall–Kier alpha value is -2.59. The van der Waals surface area contributed by atoms with Crippen LogP contribution in [0.25, 0.3) is 0 Å². The average molecular weight is 328 g/mol. The molecule has 1 aliphatic carbocycles. The summed E-state index contributed by atoms with van der Waals surface area (Å²) < 4.78 is 5.12. The summed E-state index contributed by atoms with van der Waals surface area (Å²) in [6.07, 6.45) is 1.36. The first-order valence-electron chi connectivity index (χ1n) is 7.00. The second-order valence-corrected chi connectivity index (χ2v) is 5.55. The van der Waals surface area contributed by atoms with Gasteiger partial charge in [0.1, 0.15) is 5.75 Å². The second kappa shape index (κ2) is 5.89. The number of fused-ring (bicyclic) bond motifs is 1. The molecular weight excluding hydrogens is 314 g/mol. The Kier molecular flexibility index (Phi) is 3.92. The highest BCUT2D eigenvalue weighted by atomic mass is 35.5. The molecule has 0 aromatic heterocycles. The van der Waals surface area contributed by atoms with Gasteiger partial charge in [0.2, 0.25) is 5.78 Å². The predicted octanol–water partition coefficient (Wildman–Crippen LogP) is 3.75. The molecule has 0 spiro atoms. The lowest BCUT2D eigenvalue weighted by Gasteiger charge is -2.25. The fourth-order valence-electron chi connectivity index (χ4n) is 2.55. The molecule has 2 aromatic carbocycles. The van der Waals surface area contributed by atoms with Crippen molar-refractivity contribution < 1.29 is 14.3 Å². The van der Waals surface area contributed by atoms with Crippen molar-refractivity contribution in [1.82, 2.24) is 0 Å². The van der Waals surface area contributed by atoms with E-state index in [4.69, 9.17) is 16.3 Å². The third-order valence-electron chi connectivity index (χ3n) is 3.82. The molecule has 0 heterocycles. The van der Waals surface area contributed by atoms with E-state index >= 15 is 0 Å². The lowest BCUT2D eigenvalue weighted by Crippen LogP contribution is -2.28. The smallest absolute Gasteiger partial charge is 0.210 e. The van der Waals surface area contributed by atoms with Crippen LogP contribution in [-0.2, 0) is 0 Å². The number of anilines is 1. The van der Waals surface area contributed by atoms with Gasteiger partial charge in [-0.1, -0.05) is 35.9 Å². The van der Waals surface area contributed by atoms with E-state index in [0.29, 0.717) is 33.3 Å². The molecular formula is C18H14ClNO3. The number of benzene rings is 2. The van der Waals surface area contributed by atoms with Crippen LogP contribution in [0.5, 0.6) is 5.75 Å². The number of Topliss-reactive ketones (excluding diaryl/α,β-unsaturated/α-hetero) is 1. The molecule has 4 nitrogen and oxygen atoms in total. The molecule has 3 rings (SSSR count). The number of hydrogen-bond donors (Lipinski definition) is 0. The van der Waals surface area contributed by atoms with Crippen molar-refractivity contribution in [3.63, 3.8) is 0 Å². The number of hydrogen-bond acceptors (Lipinski definition) is 4. The van der Waals surface area contributed by atoms with Gasteiger partial charge in [0.15, 0.2) is 5.78 Å². The van der Waals surface area contributed by atoms with Crippen LogP contribution in [0.2, 0.25) is 5.02 Å². The molecule has 0 atom stereocenters. The van der Waals surface area contributed by atoms with Crippen molar-refractivity contribution in [2.45, 2.75) is 0 Å². The number of allylic oxidation sites excluding steroid dienone is 2. The number of methoxy groups -OCH3 is 1. The minimum Gasteiger partial charge on any atom is -0.495 e. The fourth-order valence-corrected chi connectivity index (χ4v) is 2.81. The van der Waals surface area contributed by atoms with Crippen LogP contribution < -0.4 is 9.64 Å². The van der Waals surface area contributed by atoms with Gasteiger partial charge in [-0.15, -0.1) is 0 Å². The summed E-state index contributed by atoms with van der Waals surface area (Å²) in [6.45, 7) is 0. The van der Waals surface area contributed by atoms with Gasteiger partial charge in [-0.3, -0.25) is 9.59 Å². The highest BCUT2D eigenvalue weighted by Gasteiger charge is 2.27. The Balaban J connectivity index is 2.00. The van der Waals surface area contributed by atoms with Crippen LogP contribution in [0.4, 0.5) is 5.69 Å². The molecule has 0 radical (unpaired) electrons. The van der Waals surface area contributed by atoms with E-state index in [1.165, 1.54) is 13.2 Å². The SMILES string of the molecule is COc1ccc(N(C)C2=CC(=O)c3ccccc3C2=O)cc1Cl. The highest BCUT2D eigenvalue weighted by molar-refractivity contribution is 6.32. The van der Waals surface area contributed by atoms with E-state index in [1.54, 1.807) is 54.4 Å². The van der Waals surface area contributed by atoms with Gasteiger partial charge in [-0.25, -0.2) is 0 Å². The Morgan fingerprint density at radius 1 is 1.04 bits per heavy atom. The van der Waals surface area contributed by atoms with E-state index in [2.05, 4.69) is 0 Å². The first-order valence-corrected chi connectivity index (χ1v) is 7.37. The number of nitrogens with zero attached hydrogens (tertiary/aromatic N) is 1. The average Bonchev–Trinajstić information content (AvgIpc) is 2.57. The summed E-state index contributed by atoms with van der Waals surface area (Å²) in [5, 5.41) is 0.437. The van der Waals surface area contributed by atoms with Crippen molar-refractivity contribution in [2.75, 3.05) is 19.1 Å². The van der Waals surface area contributed by atoms with Crippen molar-refractivity contribution in [2.24, 2.45) is 0 Å². The second-order valence-electron chi connectivity index (χ2n) is 5.15. The molecule has 0 fully saturated rings. The number of ether oxygens (including phenoxy) is 1. The molecule has 116 valence electrons. The number of likely N-dealkylation sites (N-methyl/N-ethyl adjacent to an activating group) is 1. The lowest BCUT2D eigenvalue weighted by atomic mass is 9.92. The number of ketones is 2. The van der Waals surface area contributed by atoms with Gasteiger partial charge < -0.3 is 9.64 Å². The van der Waals surface area contributed by atoms with Crippen LogP contribution >= 0.6 is 11.6 Å². The molecule has 5 heteroatoms. The number of halogens is 1. The highest BCUT2D eigenvalue weighted by Crippen LogP contribution is 2.32. The van der Waals surface area contributed by atoms with Crippen LogP contribution in [0.1, 0.15) is 20.7 Å². The normalized spacial score (nSPS) is 13.4. The third-order valence-corrected chi connectivity index (χ3v) is 4.12. The molecule has 23 heavy (non-hydrogen) atoms. The number of carbonyl (C=O) groups is 2. The molecule has 0 bridgehead atoms. The van der Waals surface area contributed by atoms with E-state index in [0.717, 1.165) is 0 Å². The van der Waals surface area contributed by atoms with Crippen LogP contribution in [-0.4, -0.2) is 25.7 Å². The maximum Gasteiger partial charge on any atom is 0.210 e. The monoisotopic (exact) mass is 327 g/mol. The summed E-state index contributed by atoms with van der Waals surface area (Å²) in [4.78, 5) is 26.6. The van der Waals surface area contributed by atoms with Gasteiger partial charge in [0.05, 0.1) is 17.8 Å². The fraction of sp³-hybridized carbons (Fsp3) is 0.111. The quantitative estimate of drug-likeness (QED) is 0.861. The van der Waals surface area contributed by atoms with Crippen LogP contribution in [0.3, 0.4) is 0 Å². The summed E-state index contributed by atoms with van der Waals surface area (Å²) in [5.41, 5.74) is 1.86. The van der Waals surface area contributed by atoms with E-state index in [1.807, 2.05) is 0 Å². The van der Waals surface area contributed by atoms with Crippen molar-refractivity contribution in [3.05, 3.63) is 70.4 Å². The van der Waals surface area contributed by atoms with Gasteiger partial charge in [-0.2, -0.15) is 0 Å². The Morgan fingerprint density at radius 2 is 1.74 bits per heavy atom. The zero-order valence-electron chi connectivity index (χ0n) is 12.7. The molecule has 0 aliphatic heterocycles. The minimum atomic E-state index is -0.186. The number of carbonyl (C=O) groups excluding carboxylic acids is 2. The van der Waals surface area contributed by atoms with Gasteiger partial charge in [0.25, 0.3) is 0 Å². The van der Waals surface area contributed by atoms with Gasteiger partial charge in [-0.05, 0) is 18.2 Å². The van der Waals surface area contributed by atoms with Crippen LogP contribution in [0.15, 0.2) is 54.2 Å². The molecule has 0 amide bonds. The first-order chi connectivity index (χ1) is 11.0. The van der Waals surface area contributed by atoms with E-state index in [-0.39, 0.29) is 11.6 Å². The maximum atomic E-state index is 12.7. The molecule has 1 aliphatic rings. The zero-order chi connectivity index (χ0) is 16.6. The number of rotatable bonds is 3. The molecule has 0 saturated carbocycles. The van der Waals surface area contributed by atoms with Crippen LogP contribution in [0, 0.1) is 0 Å². The zero-order valence-corrected chi connectivity index (χ0v) is 13.4. The Bertz CT molecular complexity index is 842. The summed E-state index contributed by atoms with van der Waals surface area (Å²) in [5.74, 6) is 0.186. The first kappa shape index (κ1) is 15.3. The van der Waals surface area contributed by atoms with Crippen molar-refractivity contribution in [1.29, 1.82) is 0 Å². The topological polar surface area (TPSA) is 46.6 Å². The van der Waals surface area contributed by atoms with Gasteiger partial charge in [0, 0.05) is 29.9 Å². The van der Waals surface area contributed by atoms with E-state index < -0.39 is 0 Å². The summed E-state index contributed by atoms with van der Waals surface area (Å²) in [6, 6.07) is 12.0. The standard InChI is InChI=1S/C18H14ClNO3/c1-20(11-7-8-17(23-2)14(19)9-11)15-10-16(21)12-5-3-4-6-13(12)18(15)22/h3-10H,1-2H3. The molecule has 0 N–H and O–H groups in total. The van der Waals surface area contributed by atoms with Crippen molar-refractivity contribution in [3.8, 4) is 5.75 Å². The van der Waals surface area contributed by atoms with Crippen molar-refractivity contribution >= 4 is 28.9 Å². The Morgan fingerprint density at radius 3 is 2.39 bits per heavy atom. The van der Waals surface area contributed by atoms with E-state index in [9.17, 15) is 9.59 Å². The summed E-state index contributed by atoms with van der Waals surface area (Å²) in [7, 11) is 3.26. The van der Waals surface area contributed by atoms with Gasteiger partial charge >= 0.3 is 0 Å². The summed E-state index contributed by atoms with van der Waals surface area (Å²) >= 11 is 6.14. The molecule has 2 aromatic rings. The largest absolute Gasteiger partial charge is 0.495 e. The molecule has 0 saturated heterocycles. The lowest BCUT2D eigenvalue weighted by molar-refractivity contribution is 0.0982. The molecule has 0 unspecified atom stereocenters. The predicted molar refractivity (Wildman–Crippen MR) is 89.6 cm³/mol. The third kappa shape index (κ3) is 2.62. The maximum absolute atomic E-state index is 12.7. The minimum absolute atomic E-state index is 0.179. The Labute approximate surface area is 138 Å².